The summed E-state index contributed by atoms with van der Waals surface area (Å²) in [5, 5.41) is 17.0. The monoisotopic (exact) mass is 1100 g/mol. The molecule has 422 valence electrons. The van der Waals surface area contributed by atoms with Crippen molar-refractivity contribution in [3.05, 3.63) is 34.9 Å². The van der Waals surface area contributed by atoms with Gasteiger partial charge < -0.3 is 48.6 Å². The number of methoxy groups -OCH3 is 2. The predicted octanol–water partition coefficient (Wildman–Crippen LogP) is 5.22. The molecule has 2 unspecified atom stereocenters. The first-order valence-corrected chi connectivity index (χ1v) is 27.9. The molecule has 6 rings (SSSR count). The molecule has 3 aliphatic heterocycles. The van der Waals surface area contributed by atoms with Crippen molar-refractivity contribution in [2.24, 2.45) is 35.0 Å². The Morgan fingerprint density at radius 2 is 1.74 bits per heavy atom. The number of rotatable bonds is 18. The van der Waals surface area contributed by atoms with Crippen molar-refractivity contribution in [1.29, 1.82) is 0 Å². The number of carbonyl (C=O) groups is 8. The van der Waals surface area contributed by atoms with Gasteiger partial charge in [0.2, 0.25) is 29.5 Å². The van der Waals surface area contributed by atoms with Crippen molar-refractivity contribution in [1.82, 2.24) is 20.4 Å². The fourth-order valence-corrected chi connectivity index (χ4v) is 12.5. The van der Waals surface area contributed by atoms with Crippen molar-refractivity contribution >= 4 is 76.6 Å². The van der Waals surface area contributed by atoms with E-state index in [9.17, 15) is 43.5 Å². The van der Waals surface area contributed by atoms with Crippen molar-refractivity contribution < 1.29 is 71.9 Å². The zero-order valence-electron chi connectivity index (χ0n) is 45.4. The number of ether oxygens (including phenoxy) is 6. The number of fused-ring (bicyclic) bond motifs is 5. The lowest BCUT2D eigenvalue weighted by atomic mass is 9.81. The van der Waals surface area contributed by atoms with Crippen LogP contribution in [0.3, 0.4) is 0 Å². The highest BCUT2D eigenvalue weighted by molar-refractivity contribution is 8.00. The van der Waals surface area contributed by atoms with E-state index >= 15 is 0 Å². The second kappa shape index (κ2) is 26.6. The number of nitrogens with one attached hydrogen (secondary N) is 2. The first-order valence-electron chi connectivity index (χ1n) is 26.4. The summed E-state index contributed by atoms with van der Waals surface area (Å²) in [5.41, 5.74) is -1.33. The van der Waals surface area contributed by atoms with Gasteiger partial charge in [-0.3, -0.25) is 39.0 Å². The van der Waals surface area contributed by atoms with Crippen molar-refractivity contribution in [2.45, 2.75) is 141 Å². The predicted molar refractivity (Wildman–Crippen MR) is 282 cm³/mol. The summed E-state index contributed by atoms with van der Waals surface area (Å²) in [7, 11) is 6.05. The van der Waals surface area contributed by atoms with E-state index in [1.807, 2.05) is 32.1 Å². The molecule has 10 atom stereocenters. The summed E-state index contributed by atoms with van der Waals surface area (Å²) in [6.45, 7) is 10.0. The maximum atomic E-state index is 14.5. The molecule has 20 nitrogen and oxygen atoms in total. The number of hydrogen-bond donors (Lipinski definition) is 3. The summed E-state index contributed by atoms with van der Waals surface area (Å²) >= 11 is 8.09. The minimum absolute atomic E-state index is 0.00112. The maximum Gasteiger partial charge on any atom is 0.409 e. The number of likely N-dealkylation sites (tertiary alicyclic amines) is 1. The number of benzene rings is 1. The number of halogens is 1. The molecule has 0 radical (unpaired) electrons. The Labute approximate surface area is 455 Å². The molecule has 5 aliphatic rings. The fourth-order valence-electron chi connectivity index (χ4n) is 11.1. The van der Waals surface area contributed by atoms with Gasteiger partial charge in [-0.15, -0.1) is 11.8 Å². The molecule has 1 aromatic rings. The van der Waals surface area contributed by atoms with Crippen LogP contribution in [0.15, 0.2) is 24.3 Å². The summed E-state index contributed by atoms with van der Waals surface area (Å²) in [5.74, 6) is -2.57. The van der Waals surface area contributed by atoms with Crippen molar-refractivity contribution in [2.75, 3.05) is 71.9 Å². The maximum absolute atomic E-state index is 14.5. The Bertz CT molecular complexity index is 2330. The second-order valence-corrected chi connectivity index (χ2v) is 23.2. The van der Waals surface area contributed by atoms with E-state index in [1.165, 1.54) is 54.7 Å². The first-order chi connectivity index (χ1) is 36.0. The number of amides is 6. The van der Waals surface area contributed by atoms with Crippen molar-refractivity contribution in [3.63, 3.8) is 0 Å². The molecule has 6 amide bonds. The standard InChI is InChI=1S/C54H78ClN5O15S/c1-31-11-10-12-43(71-9)54(69)29-41(74-52(68)57-54)32(2)38-28-53(38,5)44(27-46(63)59(7)39-24-36(23-31)25-40(70-8)48(39)55)75-51(67)33(3)58(6)45(62)17-22-76-42-26-47(64)60(50(42)66)30-35-13-15-37(16-14-35)49(65)56-18-19-72-20-21-73-34(4)61/h10,12,24-25,31-33,35,37-38,41-44,69H,11,13-23,26-30H2,1-9H3,(H,56,65)(H,57,68)/b12-10+/t31?,32-,33-,35-,37-,38-,41-,42?,43+,44-,53+,54-/m0/s1. The van der Waals surface area contributed by atoms with Gasteiger partial charge in [-0.25, -0.2) is 9.59 Å². The summed E-state index contributed by atoms with van der Waals surface area (Å²) in [6, 6.07) is 2.59. The van der Waals surface area contributed by atoms with E-state index in [0.29, 0.717) is 69.5 Å². The van der Waals surface area contributed by atoms with Crippen molar-refractivity contribution in [3.8, 4) is 5.75 Å². The van der Waals surface area contributed by atoms with Crippen LogP contribution in [0.5, 0.6) is 5.75 Å². The number of hydrogen-bond acceptors (Lipinski definition) is 16. The molecule has 2 saturated heterocycles. The molecular formula is C54H78ClN5O15S. The highest BCUT2D eigenvalue weighted by atomic mass is 35.5. The first kappa shape index (κ1) is 60.3. The highest BCUT2D eigenvalue weighted by Crippen LogP contribution is 2.61. The number of imide groups is 1. The van der Waals surface area contributed by atoms with E-state index < -0.39 is 58.7 Å². The number of alkyl carbamates (subject to hydrolysis) is 1. The van der Waals surface area contributed by atoms with E-state index in [4.69, 9.17) is 40.0 Å². The van der Waals surface area contributed by atoms with Gasteiger partial charge >= 0.3 is 18.0 Å². The normalized spacial score (nSPS) is 30.8. The molecule has 0 aromatic heterocycles. The van der Waals surface area contributed by atoms with E-state index in [0.717, 1.165) is 5.56 Å². The van der Waals surface area contributed by atoms with E-state index in [2.05, 4.69) is 17.6 Å². The minimum atomic E-state index is -1.80. The molecule has 4 bridgehead atoms. The molecule has 76 heavy (non-hydrogen) atoms. The van der Waals surface area contributed by atoms with Gasteiger partial charge in [-0.1, -0.05) is 44.5 Å². The Morgan fingerprint density at radius 3 is 2.42 bits per heavy atom. The third kappa shape index (κ3) is 15.0. The van der Waals surface area contributed by atoms with Gasteiger partial charge in [0.15, 0.2) is 5.72 Å². The number of anilines is 1. The lowest BCUT2D eigenvalue weighted by Gasteiger charge is -2.42. The van der Waals surface area contributed by atoms with E-state index in [-0.39, 0.29) is 115 Å². The largest absolute Gasteiger partial charge is 0.495 e. The summed E-state index contributed by atoms with van der Waals surface area (Å²) in [6.07, 6.45) is 4.20. The number of allylic oxidation sites excluding steroid dienone is 1. The average Bonchev–Trinajstić information content (AvgIpc) is 4.01. The minimum Gasteiger partial charge on any atom is -0.495 e. The topological polar surface area (TPSA) is 246 Å². The van der Waals surface area contributed by atoms with Gasteiger partial charge in [0.25, 0.3) is 0 Å². The smallest absolute Gasteiger partial charge is 0.409 e. The van der Waals surface area contributed by atoms with Crippen LogP contribution in [0.4, 0.5) is 10.5 Å². The highest BCUT2D eigenvalue weighted by Gasteiger charge is 2.62. The Balaban J connectivity index is 1.06. The number of aliphatic hydroxyl groups is 1. The Morgan fingerprint density at radius 1 is 1.01 bits per heavy atom. The summed E-state index contributed by atoms with van der Waals surface area (Å²) in [4.78, 5) is 110. The van der Waals surface area contributed by atoms with Crippen LogP contribution in [-0.2, 0) is 63.7 Å². The zero-order chi connectivity index (χ0) is 55.6. The second-order valence-electron chi connectivity index (χ2n) is 21.5. The van der Waals surface area contributed by atoms with Gasteiger partial charge in [0, 0.05) is 77.6 Å². The van der Waals surface area contributed by atoms with Crippen LogP contribution in [0.1, 0.15) is 104 Å². The molecule has 3 N–H and O–H groups in total. The molecule has 22 heteroatoms. The molecule has 4 fully saturated rings. The zero-order valence-corrected chi connectivity index (χ0v) is 47.0. The molecule has 2 aliphatic carbocycles. The van der Waals surface area contributed by atoms with Gasteiger partial charge in [0.1, 0.15) is 41.7 Å². The molecular weight excluding hydrogens is 1030 g/mol. The third-order valence-corrected chi connectivity index (χ3v) is 17.7. The third-order valence-electron chi connectivity index (χ3n) is 16.1. The quantitative estimate of drug-likeness (QED) is 0.0561. The molecule has 3 heterocycles. The van der Waals surface area contributed by atoms with Crippen LogP contribution in [0, 0.1) is 35.0 Å². The van der Waals surface area contributed by atoms with Crippen LogP contribution in [0.2, 0.25) is 5.02 Å². The van der Waals surface area contributed by atoms with Gasteiger partial charge in [-0.05, 0) is 93.2 Å². The lowest BCUT2D eigenvalue weighted by Crippen LogP contribution is -2.63. The Kier molecular flexibility index (Phi) is 21.1. The number of esters is 2. The van der Waals surface area contributed by atoms with Gasteiger partial charge in [0.05, 0.1) is 37.7 Å². The molecule has 1 aromatic carbocycles. The van der Waals surface area contributed by atoms with Crippen LogP contribution >= 0.6 is 23.4 Å². The molecule has 0 spiro atoms. The number of likely N-dealkylation sites (N-methyl/N-ethyl adjacent to an activating group) is 1. The summed E-state index contributed by atoms with van der Waals surface area (Å²) < 4.78 is 33.7. The fraction of sp³-hybridized carbons (Fsp3) is 0.704. The number of thioether (sulfide) groups is 1. The van der Waals surface area contributed by atoms with Crippen LogP contribution in [0.25, 0.3) is 0 Å². The number of nitrogens with zero attached hydrogens (tertiary/aromatic N) is 3. The number of carbonyl (C=O) groups excluding carboxylic acids is 8. The Hall–Kier alpha value is -4.96. The van der Waals surface area contributed by atoms with Crippen LogP contribution < -0.4 is 20.3 Å². The van der Waals surface area contributed by atoms with Crippen LogP contribution in [-0.4, -0.2) is 165 Å². The average molecular weight is 1100 g/mol. The molecule has 2 saturated carbocycles. The lowest BCUT2D eigenvalue weighted by molar-refractivity contribution is -0.163. The van der Waals surface area contributed by atoms with Gasteiger partial charge in [-0.2, -0.15) is 0 Å². The van der Waals surface area contributed by atoms with E-state index in [1.54, 1.807) is 20.0 Å². The SMILES string of the molecule is COc1cc2cc(c1Cl)N(C)C(=O)C[C@H](OC(=O)[C@H](C)N(C)C(=O)CCSC1CC(=O)N(C[C@H]3CC[C@H](C(=O)NCCOCCOC(C)=O)CC3)C1=O)[C@]1(C)C[C@H]1[C@H](C)[C@@H]1C[C@@](O)(NC(=O)O1)[C@H](OC)/C=C/CC(C)C2.